The van der Waals surface area contributed by atoms with E-state index in [1.807, 2.05) is 6.07 Å². The van der Waals surface area contributed by atoms with Gasteiger partial charge in [0.1, 0.15) is 0 Å². The fourth-order valence-electron chi connectivity index (χ4n) is 1.49. The summed E-state index contributed by atoms with van der Waals surface area (Å²) in [6.45, 7) is 0. The minimum absolute atomic E-state index is 0.116. The van der Waals surface area contributed by atoms with E-state index in [1.165, 1.54) is 20.2 Å². The van der Waals surface area contributed by atoms with E-state index in [0.717, 1.165) is 4.31 Å². The summed E-state index contributed by atoms with van der Waals surface area (Å²) in [6, 6.07) is 12.0. The first-order valence-electron chi connectivity index (χ1n) is 6.22. The maximum Gasteiger partial charge on any atom is 0.302 e. The van der Waals surface area contributed by atoms with Gasteiger partial charge >= 0.3 is 10.2 Å². The van der Waals surface area contributed by atoms with Crippen LogP contribution in [0.2, 0.25) is 0 Å². The van der Waals surface area contributed by atoms with Crippen LogP contribution < -0.4 is 10.0 Å². The monoisotopic (exact) mass is 318 g/mol. The molecule has 0 aliphatic rings. The third-order valence-corrected chi connectivity index (χ3v) is 4.07. The standard InChI is InChI=1S/C13H14N6O2S/c1-19(2)22(20,21)18-13-7-6-12(16-17-13)15-11-5-3-4-10(8-11)9-14/h3-8H,1-2H3,(H,15,16)(H,17,18). The molecule has 0 saturated carbocycles. The van der Waals surface area contributed by atoms with Crippen LogP contribution in [0.5, 0.6) is 0 Å². The van der Waals surface area contributed by atoms with Crippen LogP contribution in [0.3, 0.4) is 0 Å². The zero-order valence-corrected chi connectivity index (χ0v) is 12.8. The zero-order chi connectivity index (χ0) is 16.2. The van der Waals surface area contributed by atoms with Crippen molar-refractivity contribution in [1.29, 1.82) is 5.26 Å². The molecule has 2 rings (SSSR count). The van der Waals surface area contributed by atoms with Gasteiger partial charge in [-0.1, -0.05) is 6.07 Å². The van der Waals surface area contributed by atoms with Crippen LogP contribution in [0, 0.1) is 11.3 Å². The Morgan fingerprint density at radius 3 is 2.41 bits per heavy atom. The molecule has 0 aliphatic heterocycles. The molecule has 1 aromatic carbocycles. The van der Waals surface area contributed by atoms with E-state index >= 15 is 0 Å². The average molecular weight is 318 g/mol. The van der Waals surface area contributed by atoms with Gasteiger partial charge in [0.25, 0.3) is 0 Å². The Balaban J connectivity index is 2.11. The number of nitrogens with one attached hydrogen (secondary N) is 2. The minimum Gasteiger partial charge on any atom is -0.339 e. The van der Waals surface area contributed by atoms with Crippen molar-refractivity contribution in [2.45, 2.75) is 0 Å². The number of hydrogen-bond acceptors (Lipinski definition) is 6. The van der Waals surface area contributed by atoms with Crippen molar-refractivity contribution in [3.05, 3.63) is 42.0 Å². The third-order valence-electron chi connectivity index (χ3n) is 2.64. The Kier molecular flexibility index (Phi) is 4.55. The van der Waals surface area contributed by atoms with Gasteiger partial charge in [-0.05, 0) is 30.3 Å². The number of rotatable bonds is 5. The number of nitriles is 1. The molecule has 0 fully saturated rings. The molecule has 0 bridgehead atoms. The summed E-state index contributed by atoms with van der Waals surface area (Å²) < 4.78 is 26.6. The van der Waals surface area contributed by atoms with Gasteiger partial charge in [-0.3, -0.25) is 4.72 Å². The summed E-state index contributed by atoms with van der Waals surface area (Å²) in [5.41, 5.74) is 1.21. The molecule has 2 aromatic rings. The molecule has 0 spiro atoms. The van der Waals surface area contributed by atoms with Crippen LogP contribution in [-0.4, -0.2) is 37.0 Å². The van der Waals surface area contributed by atoms with Crippen molar-refractivity contribution in [3.63, 3.8) is 0 Å². The maximum absolute atomic E-state index is 11.6. The number of anilines is 3. The molecule has 1 heterocycles. The number of hydrogen-bond donors (Lipinski definition) is 2. The van der Waals surface area contributed by atoms with E-state index in [9.17, 15) is 8.42 Å². The summed E-state index contributed by atoms with van der Waals surface area (Å²) in [7, 11) is -0.786. The lowest BCUT2D eigenvalue weighted by atomic mass is 10.2. The minimum atomic E-state index is -3.61. The summed E-state index contributed by atoms with van der Waals surface area (Å²) >= 11 is 0. The lowest BCUT2D eigenvalue weighted by Crippen LogP contribution is -2.29. The topological polar surface area (TPSA) is 111 Å². The summed E-state index contributed by atoms with van der Waals surface area (Å²) in [5.74, 6) is 0.549. The molecular formula is C13H14N6O2S. The molecule has 0 atom stereocenters. The number of aromatic nitrogens is 2. The first kappa shape index (κ1) is 15.7. The smallest absolute Gasteiger partial charge is 0.302 e. The van der Waals surface area contributed by atoms with Crippen LogP contribution in [0.15, 0.2) is 36.4 Å². The molecule has 9 heteroatoms. The molecule has 114 valence electrons. The van der Waals surface area contributed by atoms with Gasteiger partial charge in [0.2, 0.25) is 0 Å². The predicted octanol–water partition coefficient (Wildman–Crippen LogP) is 1.31. The van der Waals surface area contributed by atoms with Gasteiger partial charge in [0, 0.05) is 19.8 Å². The fourth-order valence-corrected chi connectivity index (χ4v) is 2.05. The Labute approximate surface area is 128 Å². The largest absolute Gasteiger partial charge is 0.339 e. The highest BCUT2D eigenvalue weighted by molar-refractivity contribution is 7.90. The summed E-state index contributed by atoms with van der Waals surface area (Å²) in [4.78, 5) is 0. The predicted molar refractivity (Wildman–Crippen MR) is 82.7 cm³/mol. The molecule has 2 N–H and O–H groups in total. The second-order valence-corrected chi connectivity index (χ2v) is 6.40. The van der Waals surface area contributed by atoms with Gasteiger partial charge in [-0.25, -0.2) is 0 Å². The zero-order valence-electron chi connectivity index (χ0n) is 12.0. The summed E-state index contributed by atoms with van der Waals surface area (Å²) in [5, 5.41) is 19.5. The first-order valence-corrected chi connectivity index (χ1v) is 7.66. The Morgan fingerprint density at radius 1 is 1.14 bits per heavy atom. The molecular weight excluding hydrogens is 304 g/mol. The lowest BCUT2D eigenvalue weighted by Gasteiger charge is -2.12. The van der Waals surface area contributed by atoms with Crippen LogP contribution in [0.4, 0.5) is 17.3 Å². The molecule has 22 heavy (non-hydrogen) atoms. The Hall–Kier alpha value is -2.70. The molecule has 8 nitrogen and oxygen atoms in total. The van der Waals surface area contributed by atoms with Crippen molar-refractivity contribution in [2.24, 2.45) is 0 Å². The van der Waals surface area contributed by atoms with Gasteiger partial charge < -0.3 is 5.32 Å². The van der Waals surface area contributed by atoms with Gasteiger partial charge in [-0.2, -0.15) is 18.0 Å². The van der Waals surface area contributed by atoms with Crippen molar-refractivity contribution in [3.8, 4) is 6.07 Å². The lowest BCUT2D eigenvalue weighted by molar-refractivity contribution is 0.526. The number of benzene rings is 1. The van der Waals surface area contributed by atoms with E-state index in [-0.39, 0.29) is 5.82 Å². The second kappa shape index (κ2) is 6.38. The highest BCUT2D eigenvalue weighted by Crippen LogP contribution is 2.16. The average Bonchev–Trinajstić information content (AvgIpc) is 2.49. The maximum atomic E-state index is 11.6. The normalized spacial score (nSPS) is 11.0. The molecule has 1 aromatic heterocycles. The number of nitrogens with zero attached hydrogens (tertiary/aromatic N) is 4. The van der Waals surface area contributed by atoms with E-state index in [1.54, 1.807) is 30.3 Å². The Morgan fingerprint density at radius 2 is 1.82 bits per heavy atom. The molecule has 0 amide bonds. The Bertz CT molecular complexity index is 796. The first-order chi connectivity index (χ1) is 10.4. The van der Waals surface area contributed by atoms with Crippen LogP contribution >= 0.6 is 0 Å². The molecule has 0 radical (unpaired) electrons. The van der Waals surface area contributed by atoms with Gasteiger partial charge in [-0.15, -0.1) is 10.2 Å². The van der Waals surface area contributed by atoms with Crippen molar-refractivity contribution in [2.75, 3.05) is 24.1 Å². The van der Waals surface area contributed by atoms with Crippen LogP contribution in [0.1, 0.15) is 5.56 Å². The quantitative estimate of drug-likeness (QED) is 0.860. The highest BCUT2D eigenvalue weighted by Gasteiger charge is 2.13. The molecule has 0 saturated heterocycles. The second-order valence-electron chi connectivity index (χ2n) is 4.51. The van der Waals surface area contributed by atoms with E-state index < -0.39 is 10.2 Å². The SMILES string of the molecule is CN(C)S(=O)(=O)Nc1ccc(Nc2cccc(C#N)c2)nn1. The van der Waals surface area contributed by atoms with E-state index in [4.69, 9.17) is 5.26 Å². The molecule has 0 unspecified atom stereocenters. The van der Waals surface area contributed by atoms with E-state index in [0.29, 0.717) is 17.1 Å². The van der Waals surface area contributed by atoms with Crippen molar-refractivity contribution >= 4 is 27.5 Å². The summed E-state index contributed by atoms with van der Waals surface area (Å²) in [6.07, 6.45) is 0. The molecule has 0 aliphatic carbocycles. The van der Waals surface area contributed by atoms with Crippen LogP contribution in [0.25, 0.3) is 0 Å². The van der Waals surface area contributed by atoms with E-state index in [2.05, 4.69) is 20.2 Å². The van der Waals surface area contributed by atoms with Crippen molar-refractivity contribution < 1.29 is 8.42 Å². The van der Waals surface area contributed by atoms with Crippen molar-refractivity contribution in [1.82, 2.24) is 14.5 Å². The van der Waals surface area contributed by atoms with Gasteiger partial charge in [0.15, 0.2) is 11.6 Å². The van der Waals surface area contributed by atoms with Crippen LogP contribution in [-0.2, 0) is 10.2 Å². The third kappa shape index (κ3) is 3.91. The highest BCUT2D eigenvalue weighted by atomic mass is 32.2. The fraction of sp³-hybridized carbons (Fsp3) is 0.154. The van der Waals surface area contributed by atoms with Gasteiger partial charge in [0.05, 0.1) is 11.6 Å².